The molecule has 0 aromatic carbocycles. The summed E-state index contributed by atoms with van der Waals surface area (Å²) in [5, 5.41) is 1.54. The van der Waals surface area contributed by atoms with Gasteiger partial charge >= 0.3 is 0 Å². The Kier molecular flexibility index (Phi) is 4.02. The van der Waals surface area contributed by atoms with E-state index in [0.29, 0.717) is 18.4 Å². The second kappa shape index (κ2) is 6.09. The lowest BCUT2D eigenvalue weighted by Gasteiger charge is -2.26. The third kappa shape index (κ3) is 2.72. The summed E-state index contributed by atoms with van der Waals surface area (Å²) in [6.45, 7) is 5.35. The largest absolute Gasteiger partial charge is 0.378 e. The van der Waals surface area contributed by atoms with Gasteiger partial charge in [-0.15, -0.1) is 0 Å². The highest BCUT2D eigenvalue weighted by molar-refractivity contribution is 6.30. The summed E-state index contributed by atoms with van der Waals surface area (Å²) < 4.78 is 13.5. The highest BCUT2D eigenvalue weighted by Gasteiger charge is 2.38. The van der Waals surface area contributed by atoms with E-state index in [1.165, 1.54) is 0 Å². The van der Waals surface area contributed by atoms with Crippen LogP contribution in [0.25, 0.3) is 16.7 Å². The van der Waals surface area contributed by atoms with Crippen LogP contribution in [-0.4, -0.2) is 34.9 Å². The molecular weight excluding hydrogens is 338 g/mol. The van der Waals surface area contributed by atoms with E-state index >= 15 is 0 Å². The molecule has 5 nitrogen and oxygen atoms in total. The van der Waals surface area contributed by atoms with Gasteiger partial charge in [-0.2, -0.15) is 0 Å². The molecule has 1 atom stereocenters. The fourth-order valence-corrected chi connectivity index (χ4v) is 3.62. The van der Waals surface area contributed by atoms with Gasteiger partial charge in [0.25, 0.3) is 0 Å². The summed E-state index contributed by atoms with van der Waals surface area (Å²) in [6.07, 6.45) is 4.68. The molecule has 1 saturated heterocycles. The molecule has 0 aliphatic carbocycles. The molecule has 4 heterocycles. The van der Waals surface area contributed by atoms with Crippen molar-refractivity contribution in [1.29, 1.82) is 0 Å². The van der Waals surface area contributed by atoms with E-state index in [4.69, 9.17) is 26.1 Å². The normalized spacial score (nSPS) is 20.5. The minimum absolute atomic E-state index is 0.470. The van der Waals surface area contributed by atoms with Gasteiger partial charge in [0, 0.05) is 44.0 Å². The van der Waals surface area contributed by atoms with Gasteiger partial charge in [0.2, 0.25) is 0 Å². The molecule has 25 heavy (non-hydrogen) atoms. The van der Waals surface area contributed by atoms with Crippen LogP contribution in [0.3, 0.4) is 0 Å². The first-order chi connectivity index (χ1) is 12.0. The fraction of sp³-hybridized carbons (Fsp3) is 0.368. The summed E-state index contributed by atoms with van der Waals surface area (Å²) in [6, 6.07) is 6.02. The molecule has 4 rings (SSSR count). The smallest absolute Gasteiger partial charge is 0.137 e. The molecule has 3 aromatic rings. The number of fused-ring (bicyclic) bond motifs is 1. The van der Waals surface area contributed by atoms with E-state index in [0.717, 1.165) is 40.0 Å². The zero-order valence-electron chi connectivity index (χ0n) is 14.5. The van der Waals surface area contributed by atoms with Crippen molar-refractivity contribution < 1.29 is 9.47 Å². The Labute approximate surface area is 151 Å². The highest BCUT2D eigenvalue weighted by Crippen LogP contribution is 2.34. The number of aromatic nitrogens is 3. The van der Waals surface area contributed by atoms with Crippen molar-refractivity contribution in [3.63, 3.8) is 0 Å². The number of ether oxygens (including phenoxy) is 2. The van der Waals surface area contributed by atoms with Crippen LogP contribution < -0.4 is 0 Å². The summed E-state index contributed by atoms with van der Waals surface area (Å²) >= 11 is 6.12. The van der Waals surface area contributed by atoms with E-state index in [1.54, 1.807) is 7.11 Å². The van der Waals surface area contributed by atoms with E-state index in [1.807, 2.05) is 12.3 Å². The molecule has 0 unspecified atom stereocenters. The maximum absolute atomic E-state index is 6.12. The van der Waals surface area contributed by atoms with E-state index < -0.39 is 5.60 Å². The van der Waals surface area contributed by atoms with Gasteiger partial charge in [-0.1, -0.05) is 11.6 Å². The predicted octanol–water partition coefficient (Wildman–Crippen LogP) is 3.95. The first-order valence-corrected chi connectivity index (χ1v) is 8.66. The summed E-state index contributed by atoms with van der Waals surface area (Å²) in [4.78, 5) is 9.11. The Balaban J connectivity index is 1.91. The number of hydrogen-bond donors (Lipinski definition) is 0. The molecular formula is C19H20ClN3O2. The minimum Gasteiger partial charge on any atom is -0.378 e. The van der Waals surface area contributed by atoms with Crippen LogP contribution in [0.15, 0.2) is 30.6 Å². The van der Waals surface area contributed by atoms with Crippen molar-refractivity contribution in [3.8, 4) is 5.82 Å². The average Bonchev–Trinajstić information content (AvgIpc) is 3.20. The molecule has 0 N–H and O–H groups in total. The number of rotatable bonds is 3. The zero-order valence-corrected chi connectivity index (χ0v) is 15.3. The van der Waals surface area contributed by atoms with Crippen LogP contribution >= 0.6 is 11.6 Å². The molecule has 0 saturated carbocycles. The maximum atomic E-state index is 6.12. The van der Waals surface area contributed by atoms with Crippen molar-refractivity contribution in [1.82, 2.24) is 14.5 Å². The number of pyridine rings is 2. The van der Waals surface area contributed by atoms with Crippen LogP contribution in [0.1, 0.15) is 23.2 Å². The Morgan fingerprint density at radius 3 is 2.84 bits per heavy atom. The number of hydrogen-bond acceptors (Lipinski definition) is 4. The first-order valence-electron chi connectivity index (χ1n) is 8.28. The molecule has 0 radical (unpaired) electrons. The molecule has 1 aliphatic rings. The van der Waals surface area contributed by atoms with Gasteiger partial charge in [-0.3, -0.25) is 0 Å². The lowest BCUT2D eigenvalue weighted by atomic mass is 9.97. The quantitative estimate of drug-likeness (QED) is 0.666. The third-order valence-electron chi connectivity index (χ3n) is 4.90. The van der Waals surface area contributed by atoms with Gasteiger partial charge in [0.05, 0.1) is 17.8 Å². The number of halogens is 1. The van der Waals surface area contributed by atoms with Gasteiger partial charge in [0.1, 0.15) is 16.6 Å². The van der Waals surface area contributed by atoms with E-state index in [9.17, 15) is 0 Å². The van der Waals surface area contributed by atoms with Crippen molar-refractivity contribution in [2.24, 2.45) is 0 Å². The topological polar surface area (TPSA) is 49.2 Å². The molecule has 1 fully saturated rings. The molecule has 0 spiro atoms. The molecule has 0 amide bonds. The first kappa shape index (κ1) is 16.5. The van der Waals surface area contributed by atoms with Gasteiger partial charge in [-0.25, -0.2) is 9.97 Å². The molecule has 1 aliphatic heterocycles. The average molecular weight is 358 g/mol. The Hall–Kier alpha value is -1.95. The SMILES string of the molecule is CO[C@@]1(c2cc(C)cc(-n3cc(C)c4cnc(Cl)cc43)n2)CCOC1. The van der Waals surface area contributed by atoms with E-state index in [2.05, 4.69) is 41.7 Å². The monoisotopic (exact) mass is 357 g/mol. The summed E-state index contributed by atoms with van der Waals surface area (Å²) in [5.41, 5.74) is 3.69. The number of methoxy groups -OCH3 is 1. The standard InChI is InChI=1S/C19H20ClN3O2/c1-12-6-16(19(24-3)4-5-25-11-19)22-18(7-12)23-10-13(2)14-9-21-17(20)8-15(14)23/h6-10H,4-5,11H2,1-3H3/t19-/m0/s1. The maximum Gasteiger partial charge on any atom is 0.137 e. The zero-order chi connectivity index (χ0) is 17.6. The molecule has 6 heteroatoms. The number of aryl methyl sites for hydroxylation is 2. The van der Waals surface area contributed by atoms with Crippen LogP contribution in [0, 0.1) is 13.8 Å². The van der Waals surface area contributed by atoms with Crippen molar-refractivity contribution in [2.45, 2.75) is 25.9 Å². The highest BCUT2D eigenvalue weighted by atomic mass is 35.5. The van der Waals surface area contributed by atoms with Crippen LogP contribution in [-0.2, 0) is 15.1 Å². The van der Waals surface area contributed by atoms with Crippen molar-refractivity contribution in [3.05, 3.63) is 52.6 Å². The third-order valence-corrected chi connectivity index (χ3v) is 5.11. The number of nitrogens with zero attached hydrogens (tertiary/aromatic N) is 3. The fourth-order valence-electron chi connectivity index (χ4n) is 3.47. The Bertz CT molecular complexity index is 945. The Morgan fingerprint density at radius 2 is 2.12 bits per heavy atom. The van der Waals surface area contributed by atoms with Crippen LogP contribution in [0.2, 0.25) is 5.15 Å². The van der Waals surface area contributed by atoms with Gasteiger partial charge < -0.3 is 14.0 Å². The van der Waals surface area contributed by atoms with Crippen LogP contribution in [0.4, 0.5) is 0 Å². The summed E-state index contributed by atoms with van der Waals surface area (Å²) in [5.74, 6) is 0.846. The molecule has 130 valence electrons. The predicted molar refractivity (Wildman–Crippen MR) is 97.5 cm³/mol. The second-order valence-corrected chi connectivity index (χ2v) is 6.98. The Morgan fingerprint density at radius 1 is 1.28 bits per heavy atom. The van der Waals surface area contributed by atoms with E-state index in [-0.39, 0.29) is 0 Å². The van der Waals surface area contributed by atoms with Crippen LogP contribution in [0.5, 0.6) is 0 Å². The lowest BCUT2D eigenvalue weighted by molar-refractivity contribution is -0.0246. The lowest BCUT2D eigenvalue weighted by Crippen LogP contribution is -2.30. The minimum atomic E-state index is -0.474. The van der Waals surface area contributed by atoms with Crippen molar-refractivity contribution >= 4 is 22.5 Å². The molecule has 0 bridgehead atoms. The summed E-state index contributed by atoms with van der Waals surface area (Å²) in [7, 11) is 1.72. The van der Waals surface area contributed by atoms with Crippen molar-refractivity contribution in [2.75, 3.05) is 20.3 Å². The molecule has 3 aromatic heterocycles. The van der Waals surface area contributed by atoms with Gasteiger partial charge in [0.15, 0.2) is 0 Å². The second-order valence-electron chi connectivity index (χ2n) is 6.60. The van der Waals surface area contributed by atoms with Gasteiger partial charge in [-0.05, 0) is 37.1 Å².